The molecule has 4 rings (SSSR count). The fourth-order valence-corrected chi connectivity index (χ4v) is 4.80. The van der Waals surface area contributed by atoms with E-state index in [1.165, 1.54) is 4.90 Å². The van der Waals surface area contributed by atoms with Gasteiger partial charge in [0, 0.05) is 37.6 Å². The van der Waals surface area contributed by atoms with Crippen LogP contribution < -0.4 is 10.2 Å². The number of alkyl halides is 3. The normalized spacial score (nSPS) is 19.5. The number of fused-ring (bicyclic) bond motifs is 1. The number of hydrogen-bond donors (Lipinski definition) is 1. The minimum absolute atomic E-state index is 0.196. The molecule has 174 valence electrons. The zero-order valence-electron chi connectivity index (χ0n) is 17.6. The summed E-state index contributed by atoms with van der Waals surface area (Å²) in [4.78, 5) is 38.1. The van der Waals surface area contributed by atoms with Crippen LogP contribution in [0.2, 0.25) is 0 Å². The molecule has 1 amide bonds. The van der Waals surface area contributed by atoms with Gasteiger partial charge in [-0.15, -0.1) is 11.3 Å². The lowest BCUT2D eigenvalue weighted by atomic mass is 10.1. The Bertz CT molecular complexity index is 1000. The maximum Gasteiger partial charge on any atom is 0.397 e. The van der Waals surface area contributed by atoms with E-state index in [9.17, 15) is 22.8 Å². The summed E-state index contributed by atoms with van der Waals surface area (Å²) in [5.41, 5.74) is 0. The first-order chi connectivity index (χ1) is 15.2. The lowest BCUT2D eigenvalue weighted by Gasteiger charge is -2.36. The maximum absolute atomic E-state index is 12.6. The van der Waals surface area contributed by atoms with Gasteiger partial charge >= 0.3 is 12.1 Å². The smallest absolute Gasteiger partial charge is 0.397 e. The molecule has 8 nitrogen and oxygen atoms in total. The Morgan fingerprint density at radius 3 is 2.66 bits per heavy atom. The van der Waals surface area contributed by atoms with Crippen molar-refractivity contribution in [3.05, 3.63) is 10.9 Å². The van der Waals surface area contributed by atoms with Gasteiger partial charge in [0.15, 0.2) is 0 Å². The maximum atomic E-state index is 12.6. The average Bonchev–Trinajstić information content (AvgIpc) is 3.36. The second-order valence-electron chi connectivity index (χ2n) is 7.85. The van der Waals surface area contributed by atoms with Crippen molar-refractivity contribution in [2.24, 2.45) is 5.92 Å². The number of aryl methyl sites for hydroxylation is 1. The van der Waals surface area contributed by atoms with Crippen LogP contribution >= 0.6 is 11.3 Å². The summed E-state index contributed by atoms with van der Waals surface area (Å²) in [6, 6.07) is 2.04. The molecule has 0 unspecified atom stereocenters. The van der Waals surface area contributed by atoms with Gasteiger partial charge in [0.1, 0.15) is 17.1 Å². The molecule has 0 spiro atoms. The largest absolute Gasteiger partial charge is 0.465 e. The SMILES string of the molecule is CCc1cc2c(N3CCN(C(=O)CC(F)(F)F)CC3)nc(NC[C@@H]3CCOC3=O)nc2s1. The summed E-state index contributed by atoms with van der Waals surface area (Å²) in [7, 11) is 0. The molecule has 4 heterocycles. The van der Waals surface area contributed by atoms with E-state index in [1.54, 1.807) is 11.3 Å². The van der Waals surface area contributed by atoms with Crippen molar-refractivity contribution < 1.29 is 27.5 Å². The molecule has 0 bridgehead atoms. The molecule has 12 heteroatoms. The lowest BCUT2D eigenvalue weighted by Crippen LogP contribution is -2.49. The van der Waals surface area contributed by atoms with Crippen molar-refractivity contribution in [3.8, 4) is 0 Å². The van der Waals surface area contributed by atoms with Gasteiger partial charge in [-0.25, -0.2) is 4.98 Å². The molecule has 0 aromatic carbocycles. The van der Waals surface area contributed by atoms with Crippen molar-refractivity contribution in [1.29, 1.82) is 0 Å². The second-order valence-corrected chi connectivity index (χ2v) is 8.96. The summed E-state index contributed by atoms with van der Waals surface area (Å²) in [6.07, 6.45) is -4.45. The van der Waals surface area contributed by atoms with Gasteiger partial charge in [0.25, 0.3) is 0 Å². The third-order valence-electron chi connectivity index (χ3n) is 5.61. The monoisotopic (exact) mass is 471 g/mol. The molecule has 0 aliphatic carbocycles. The number of cyclic esters (lactones) is 1. The third kappa shape index (κ3) is 5.05. The van der Waals surface area contributed by atoms with Crippen molar-refractivity contribution in [2.75, 3.05) is 49.5 Å². The van der Waals surface area contributed by atoms with Gasteiger partial charge in [-0.05, 0) is 18.9 Å². The van der Waals surface area contributed by atoms with E-state index < -0.39 is 18.5 Å². The molecule has 2 aliphatic heterocycles. The first-order valence-corrected chi connectivity index (χ1v) is 11.4. The Morgan fingerprint density at radius 1 is 1.28 bits per heavy atom. The van der Waals surface area contributed by atoms with Crippen LogP contribution in [0.15, 0.2) is 6.07 Å². The topological polar surface area (TPSA) is 87.7 Å². The molecule has 0 saturated carbocycles. The van der Waals surface area contributed by atoms with Crippen LogP contribution in [0.3, 0.4) is 0 Å². The van der Waals surface area contributed by atoms with E-state index in [4.69, 9.17) is 4.74 Å². The van der Waals surface area contributed by atoms with Crippen LogP contribution in [0.25, 0.3) is 10.2 Å². The first-order valence-electron chi connectivity index (χ1n) is 10.5. The average molecular weight is 472 g/mol. The van der Waals surface area contributed by atoms with Gasteiger partial charge < -0.3 is 19.9 Å². The van der Waals surface area contributed by atoms with E-state index in [0.29, 0.717) is 44.4 Å². The fourth-order valence-electron chi connectivity index (χ4n) is 3.84. The fraction of sp³-hybridized carbons (Fsp3) is 0.600. The number of carbonyl (C=O) groups excluding carboxylic acids is 2. The first kappa shape index (κ1) is 22.6. The number of thiophene rings is 1. The number of anilines is 2. The van der Waals surface area contributed by atoms with Crippen LogP contribution in [-0.2, 0) is 20.7 Å². The quantitative estimate of drug-likeness (QED) is 0.649. The molecular weight excluding hydrogens is 447 g/mol. The van der Waals surface area contributed by atoms with E-state index in [0.717, 1.165) is 21.5 Å². The summed E-state index contributed by atoms with van der Waals surface area (Å²) >= 11 is 1.56. The lowest BCUT2D eigenvalue weighted by molar-refractivity contribution is -0.161. The van der Waals surface area contributed by atoms with E-state index in [2.05, 4.69) is 15.3 Å². The number of amides is 1. The van der Waals surface area contributed by atoms with Crippen LogP contribution in [0.5, 0.6) is 0 Å². The number of aromatic nitrogens is 2. The molecule has 32 heavy (non-hydrogen) atoms. The summed E-state index contributed by atoms with van der Waals surface area (Å²) in [6.45, 7) is 3.98. The minimum atomic E-state index is -4.51. The molecule has 1 N–H and O–H groups in total. The molecule has 2 fully saturated rings. The number of carbonyl (C=O) groups is 2. The molecule has 0 radical (unpaired) electrons. The highest BCUT2D eigenvalue weighted by Gasteiger charge is 2.35. The Kier molecular flexibility index (Phi) is 6.40. The third-order valence-corrected chi connectivity index (χ3v) is 6.78. The highest BCUT2D eigenvalue weighted by atomic mass is 32.1. The number of halogens is 3. The highest BCUT2D eigenvalue weighted by molar-refractivity contribution is 7.18. The molecule has 2 saturated heterocycles. The van der Waals surface area contributed by atoms with Crippen molar-refractivity contribution in [1.82, 2.24) is 14.9 Å². The van der Waals surface area contributed by atoms with Gasteiger partial charge in [-0.3, -0.25) is 9.59 Å². The van der Waals surface area contributed by atoms with Crippen LogP contribution in [0.1, 0.15) is 24.6 Å². The van der Waals surface area contributed by atoms with Gasteiger partial charge in [0.05, 0.1) is 17.9 Å². The summed E-state index contributed by atoms with van der Waals surface area (Å²) < 4.78 is 42.7. The van der Waals surface area contributed by atoms with Crippen molar-refractivity contribution >= 4 is 45.2 Å². The van der Waals surface area contributed by atoms with E-state index in [1.807, 2.05) is 17.9 Å². The van der Waals surface area contributed by atoms with Gasteiger partial charge in [0.2, 0.25) is 11.9 Å². The predicted molar refractivity (Wildman–Crippen MR) is 114 cm³/mol. The minimum Gasteiger partial charge on any atom is -0.465 e. The zero-order chi connectivity index (χ0) is 22.9. The highest BCUT2D eigenvalue weighted by Crippen LogP contribution is 2.33. The molecule has 2 aliphatic rings. The van der Waals surface area contributed by atoms with Crippen molar-refractivity contribution in [2.45, 2.75) is 32.4 Å². The number of hydrogen-bond acceptors (Lipinski definition) is 8. The number of nitrogens with zero attached hydrogens (tertiary/aromatic N) is 4. The van der Waals surface area contributed by atoms with Crippen LogP contribution in [0.4, 0.5) is 24.9 Å². The molecular formula is C20H24F3N5O3S. The Morgan fingerprint density at radius 2 is 2.03 bits per heavy atom. The Hall–Kier alpha value is -2.63. The number of piperazine rings is 1. The number of esters is 1. The van der Waals surface area contributed by atoms with E-state index >= 15 is 0 Å². The molecule has 2 aromatic rings. The van der Waals surface area contributed by atoms with Gasteiger partial charge in [-0.1, -0.05) is 6.92 Å². The number of ether oxygens (including phenoxy) is 1. The van der Waals surface area contributed by atoms with Crippen LogP contribution in [0, 0.1) is 5.92 Å². The number of nitrogens with one attached hydrogen (secondary N) is 1. The zero-order valence-corrected chi connectivity index (χ0v) is 18.4. The second kappa shape index (κ2) is 9.08. The summed E-state index contributed by atoms with van der Waals surface area (Å²) in [5.74, 6) is -0.296. The Labute approximate surface area is 186 Å². The Balaban J connectivity index is 1.51. The predicted octanol–water partition coefficient (Wildman–Crippen LogP) is 2.83. The number of rotatable bonds is 6. The summed E-state index contributed by atoms with van der Waals surface area (Å²) in [5, 5.41) is 4.02. The van der Waals surface area contributed by atoms with Crippen LogP contribution in [-0.4, -0.2) is 72.3 Å². The van der Waals surface area contributed by atoms with Gasteiger partial charge in [-0.2, -0.15) is 18.2 Å². The standard InChI is InChI=1S/C20H24F3N5O3S/c1-2-13-9-14-16(28-6-4-27(5-7-28)15(29)10-20(21,22)23)25-19(26-17(14)32-13)24-11-12-3-8-31-18(12)30/h9,12H,2-8,10-11H2,1H3,(H,24,25,26)/t12-/m0/s1. The molecule has 2 aromatic heterocycles. The van der Waals surface area contributed by atoms with E-state index in [-0.39, 0.29) is 25.0 Å². The van der Waals surface area contributed by atoms with Crippen molar-refractivity contribution in [3.63, 3.8) is 0 Å². The molecule has 1 atom stereocenters.